The molecular weight excluding hydrogens is 316 g/mol. The standard InChI is InChI=1S/C15H20N4O3S/c1-18(2)11-6-8-12(9-7-11)23(5,21)17-15(20)13-10-14(22-4)19(3)16-13/h6-10H,1-5H3/t23-/m1/s1. The van der Waals surface area contributed by atoms with Gasteiger partial charge in [0.15, 0.2) is 5.69 Å². The Bertz CT molecular complexity index is 831. The number of rotatable bonds is 4. The van der Waals surface area contributed by atoms with Crippen LogP contribution in [0.25, 0.3) is 0 Å². The summed E-state index contributed by atoms with van der Waals surface area (Å²) in [6.45, 7) is 0. The van der Waals surface area contributed by atoms with E-state index in [-0.39, 0.29) is 5.69 Å². The van der Waals surface area contributed by atoms with E-state index in [4.69, 9.17) is 4.74 Å². The van der Waals surface area contributed by atoms with Gasteiger partial charge in [-0.25, -0.2) is 8.89 Å². The lowest BCUT2D eigenvalue weighted by molar-refractivity contribution is 0.0999. The van der Waals surface area contributed by atoms with Crippen LogP contribution in [0.1, 0.15) is 10.5 Å². The average Bonchev–Trinajstić information content (AvgIpc) is 2.88. The molecular formula is C15H20N4O3S. The van der Waals surface area contributed by atoms with E-state index >= 15 is 0 Å². The Morgan fingerprint density at radius 2 is 1.91 bits per heavy atom. The Hall–Kier alpha value is -2.35. The summed E-state index contributed by atoms with van der Waals surface area (Å²) >= 11 is 0. The minimum absolute atomic E-state index is 0.101. The molecule has 0 aliphatic rings. The van der Waals surface area contributed by atoms with Crippen LogP contribution in [-0.4, -0.2) is 47.4 Å². The molecule has 23 heavy (non-hydrogen) atoms. The number of methoxy groups -OCH3 is 1. The number of hydrogen-bond donors (Lipinski definition) is 0. The minimum Gasteiger partial charge on any atom is -0.481 e. The van der Waals surface area contributed by atoms with Gasteiger partial charge in [0.05, 0.1) is 16.8 Å². The Labute approximate surface area is 136 Å². The molecule has 0 saturated carbocycles. The monoisotopic (exact) mass is 336 g/mol. The van der Waals surface area contributed by atoms with Crippen molar-refractivity contribution >= 4 is 21.3 Å². The largest absolute Gasteiger partial charge is 0.481 e. The van der Waals surface area contributed by atoms with E-state index < -0.39 is 15.6 Å². The first-order valence-corrected chi connectivity index (χ1v) is 8.79. The zero-order valence-electron chi connectivity index (χ0n) is 13.8. The third-order valence-corrected chi connectivity index (χ3v) is 4.97. The molecule has 8 heteroatoms. The molecule has 7 nitrogen and oxygen atoms in total. The molecule has 1 aromatic heterocycles. The fraction of sp³-hybridized carbons (Fsp3) is 0.333. The van der Waals surface area contributed by atoms with Gasteiger partial charge in [0.25, 0.3) is 0 Å². The van der Waals surface area contributed by atoms with Gasteiger partial charge in [0, 0.05) is 44.0 Å². The van der Waals surface area contributed by atoms with Gasteiger partial charge in [0.2, 0.25) is 5.88 Å². The topological polar surface area (TPSA) is 76.8 Å². The summed E-state index contributed by atoms with van der Waals surface area (Å²) in [5.41, 5.74) is 1.08. The molecule has 124 valence electrons. The van der Waals surface area contributed by atoms with E-state index in [0.717, 1.165) is 5.69 Å². The van der Waals surface area contributed by atoms with Gasteiger partial charge in [-0.15, -0.1) is 0 Å². The third kappa shape index (κ3) is 3.70. The van der Waals surface area contributed by atoms with E-state index in [1.165, 1.54) is 24.1 Å². The fourth-order valence-electron chi connectivity index (χ4n) is 2.00. The maximum absolute atomic E-state index is 12.7. The Morgan fingerprint density at radius 1 is 1.30 bits per heavy atom. The lowest BCUT2D eigenvalue weighted by Gasteiger charge is -2.12. The average molecular weight is 336 g/mol. The summed E-state index contributed by atoms with van der Waals surface area (Å²) in [5.74, 6) is -0.199. The van der Waals surface area contributed by atoms with Crippen molar-refractivity contribution in [3.63, 3.8) is 0 Å². The van der Waals surface area contributed by atoms with Crippen molar-refractivity contribution in [1.82, 2.24) is 9.78 Å². The molecule has 0 N–H and O–H groups in total. The van der Waals surface area contributed by atoms with Crippen molar-refractivity contribution in [3.8, 4) is 5.88 Å². The van der Waals surface area contributed by atoms with Crippen LogP contribution in [0.3, 0.4) is 0 Å². The molecule has 1 atom stereocenters. The van der Waals surface area contributed by atoms with Crippen LogP contribution in [0.5, 0.6) is 5.88 Å². The van der Waals surface area contributed by atoms with Crippen LogP contribution >= 0.6 is 0 Å². The van der Waals surface area contributed by atoms with Crippen LogP contribution in [0.2, 0.25) is 0 Å². The highest BCUT2D eigenvalue weighted by atomic mass is 32.2. The first-order valence-electron chi connectivity index (χ1n) is 6.86. The molecule has 0 spiro atoms. The van der Waals surface area contributed by atoms with E-state index in [9.17, 15) is 9.00 Å². The lowest BCUT2D eigenvalue weighted by atomic mass is 10.3. The normalized spacial score (nSPS) is 13.3. The first kappa shape index (κ1) is 17.0. The predicted octanol–water partition coefficient (Wildman–Crippen LogP) is 1.79. The molecule has 1 heterocycles. The summed E-state index contributed by atoms with van der Waals surface area (Å²) in [7, 11) is 4.13. The summed E-state index contributed by atoms with van der Waals surface area (Å²) in [6.07, 6.45) is 1.44. The van der Waals surface area contributed by atoms with Gasteiger partial charge >= 0.3 is 5.91 Å². The van der Waals surface area contributed by atoms with E-state index in [0.29, 0.717) is 10.8 Å². The molecule has 0 aliphatic carbocycles. The number of benzene rings is 1. The molecule has 0 aliphatic heterocycles. The number of carbonyl (C=O) groups excluding carboxylic acids is 1. The number of aromatic nitrogens is 2. The summed E-state index contributed by atoms with van der Waals surface area (Å²) < 4.78 is 23.1. The second kappa shape index (κ2) is 6.41. The van der Waals surface area contributed by atoms with Crippen LogP contribution in [0, 0.1) is 0 Å². The third-order valence-electron chi connectivity index (χ3n) is 3.31. The molecule has 1 amide bonds. The minimum atomic E-state index is -2.84. The molecule has 0 fully saturated rings. The van der Waals surface area contributed by atoms with Gasteiger partial charge in [-0.1, -0.05) is 0 Å². The van der Waals surface area contributed by atoms with Gasteiger partial charge in [-0.05, 0) is 24.3 Å². The zero-order chi connectivity index (χ0) is 17.2. The number of nitrogens with zero attached hydrogens (tertiary/aromatic N) is 4. The molecule has 0 bridgehead atoms. The maximum atomic E-state index is 12.7. The number of carbonyl (C=O) groups is 1. The number of hydrogen-bond acceptors (Lipinski definition) is 5. The Kier molecular flexibility index (Phi) is 4.74. The zero-order valence-corrected chi connectivity index (χ0v) is 14.6. The number of ether oxygens (including phenoxy) is 1. The van der Waals surface area contributed by atoms with Gasteiger partial charge in [-0.3, -0.25) is 4.79 Å². The molecule has 2 aromatic rings. The fourth-order valence-corrected chi connectivity index (χ4v) is 3.16. The van der Waals surface area contributed by atoms with Crippen molar-refractivity contribution in [3.05, 3.63) is 36.0 Å². The number of amides is 1. The van der Waals surface area contributed by atoms with Crippen molar-refractivity contribution in [1.29, 1.82) is 0 Å². The summed E-state index contributed by atoms with van der Waals surface area (Å²) in [4.78, 5) is 14.6. The van der Waals surface area contributed by atoms with E-state index in [1.54, 1.807) is 19.2 Å². The van der Waals surface area contributed by atoms with Gasteiger partial charge < -0.3 is 9.64 Å². The van der Waals surface area contributed by atoms with Gasteiger partial charge in [-0.2, -0.15) is 9.46 Å². The summed E-state index contributed by atoms with van der Waals surface area (Å²) in [6, 6.07) is 8.57. The SMILES string of the molecule is COc1cc(C(=O)N=[S@](C)(=O)c2ccc(N(C)C)cc2)nn1C. The quantitative estimate of drug-likeness (QED) is 0.851. The second-order valence-electron chi connectivity index (χ2n) is 5.28. The highest BCUT2D eigenvalue weighted by Gasteiger charge is 2.16. The van der Waals surface area contributed by atoms with Crippen LogP contribution in [0.4, 0.5) is 5.69 Å². The first-order chi connectivity index (χ1) is 10.7. The van der Waals surface area contributed by atoms with Crippen LogP contribution < -0.4 is 9.64 Å². The Morgan fingerprint density at radius 3 is 2.39 bits per heavy atom. The van der Waals surface area contributed by atoms with Crippen molar-refractivity contribution in [2.45, 2.75) is 4.90 Å². The smallest absolute Gasteiger partial charge is 0.305 e. The summed E-state index contributed by atoms with van der Waals surface area (Å²) in [5, 5.41) is 4.01. The highest BCUT2D eigenvalue weighted by Crippen LogP contribution is 2.19. The second-order valence-corrected chi connectivity index (χ2v) is 7.54. The van der Waals surface area contributed by atoms with Crippen molar-refractivity contribution in [2.75, 3.05) is 32.4 Å². The van der Waals surface area contributed by atoms with E-state index in [2.05, 4.69) is 9.46 Å². The van der Waals surface area contributed by atoms with Gasteiger partial charge in [0.1, 0.15) is 0 Å². The number of aryl methyl sites for hydroxylation is 1. The molecule has 2 rings (SSSR count). The van der Waals surface area contributed by atoms with Crippen molar-refractivity contribution < 1.29 is 13.7 Å². The molecule has 0 saturated heterocycles. The highest BCUT2D eigenvalue weighted by molar-refractivity contribution is 7.93. The van der Waals surface area contributed by atoms with E-state index in [1.807, 2.05) is 31.1 Å². The van der Waals surface area contributed by atoms with Crippen LogP contribution in [-0.2, 0) is 16.8 Å². The molecule has 0 radical (unpaired) electrons. The number of anilines is 1. The molecule has 0 unspecified atom stereocenters. The molecule has 1 aromatic carbocycles. The maximum Gasteiger partial charge on any atom is 0.305 e. The van der Waals surface area contributed by atoms with Crippen molar-refractivity contribution in [2.24, 2.45) is 11.4 Å². The predicted molar refractivity (Wildman–Crippen MR) is 89.6 cm³/mol. The van der Waals surface area contributed by atoms with Crippen LogP contribution in [0.15, 0.2) is 39.6 Å². The lowest BCUT2D eigenvalue weighted by Crippen LogP contribution is -2.09. The Balaban J connectivity index is 2.35.